The molecular formula is C9H15N3. The van der Waals surface area contributed by atoms with Crippen LogP contribution in [0.4, 0.5) is 5.82 Å². The maximum atomic E-state index is 5.63. The van der Waals surface area contributed by atoms with Crippen molar-refractivity contribution in [2.75, 3.05) is 5.73 Å². The monoisotopic (exact) mass is 165 g/mol. The molecule has 0 fully saturated rings. The topological polar surface area (TPSA) is 64.9 Å². The first kappa shape index (κ1) is 9.00. The smallest absolute Gasteiger partial charge is 0.123 e. The molecule has 0 spiro atoms. The van der Waals surface area contributed by atoms with Gasteiger partial charge in [0.15, 0.2) is 0 Å². The summed E-state index contributed by atoms with van der Waals surface area (Å²) in [6, 6.07) is 4.06. The zero-order valence-corrected chi connectivity index (χ0v) is 7.33. The van der Waals surface area contributed by atoms with Crippen molar-refractivity contribution in [1.29, 1.82) is 0 Å². The highest BCUT2D eigenvalue weighted by molar-refractivity contribution is 5.29. The minimum absolute atomic E-state index is 0.252. The molecule has 12 heavy (non-hydrogen) atoms. The molecular weight excluding hydrogens is 150 g/mol. The van der Waals surface area contributed by atoms with Gasteiger partial charge < -0.3 is 11.5 Å². The molecule has 3 nitrogen and oxygen atoms in total. The van der Waals surface area contributed by atoms with E-state index in [1.54, 1.807) is 6.20 Å². The van der Waals surface area contributed by atoms with Crippen molar-refractivity contribution >= 4 is 5.82 Å². The van der Waals surface area contributed by atoms with Gasteiger partial charge >= 0.3 is 0 Å². The fourth-order valence-electron chi connectivity index (χ4n) is 0.978. The van der Waals surface area contributed by atoms with E-state index in [1.165, 1.54) is 5.56 Å². The summed E-state index contributed by atoms with van der Waals surface area (Å²) in [5, 5.41) is 0. The number of nitrogens with two attached hydrogens (primary N) is 2. The molecule has 3 heteroatoms. The molecule has 66 valence electrons. The highest BCUT2D eigenvalue weighted by Crippen LogP contribution is 2.04. The van der Waals surface area contributed by atoms with Gasteiger partial charge in [0.1, 0.15) is 5.82 Å². The second-order valence-electron chi connectivity index (χ2n) is 3.11. The van der Waals surface area contributed by atoms with Crippen LogP contribution in [0.15, 0.2) is 18.3 Å². The van der Waals surface area contributed by atoms with Crippen molar-refractivity contribution in [3.63, 3.8) is 0 Å². The van der Waals surface area contributed by atoms with Crippen molar-refractivity contribution in [3.8, 4) is 0 Å². The summed E-state index contributed by atoms with van der Waals surface area (Å²) in [7, 11) is 0. The molecule has 1 unspecified atom stereocenters. The average molecular weight is 165 g/mol. The molecule has 0 aliphatic heterocycles. The van der Waals surface area contributed by atoms with Gasteiger partial charge in [-0.15, -0.1) is 0 Å². The number of nitrogens with zero attached hydrogens (tertiary/aromatic N) is 1. The molecule has 0 radical (unpaired) electrons. The third kappa shape index (κ3) is 2.88. The quantitative estimate of drug-likeness (QED) is 0.700. The summed E-state index contributed by atoms with van der Waals surface area (Å²) in [4.78, 5) is 3.99. The van der Waals surface area contributed by atoms with Crippen molar-refractivity contribution in [3.05, 3.63) is 23.9 Å². The average Bonchev–Trinajstić information content (AvgIpc) is 2.03. The Morgan fingerprint density at radius 2 is 2.25 bits per heavy atom. The van der Waals surface area contributed by atoms with Crippen molar-refractivity contribution in [2.24, 2.45) is 5.73 Å². The van der Waals surface area contributed by atoms with Crippen LogP contribution in [0.25, 0.3) is 0 Å². The lowest BCUT2D eigenvalue weighted by Gasteiger charge is -2.04. The van der Waals surface area contributed by atoms with Crippen LogP contribution < -0.4 is 11.5 Å². The molecule has 1 rings (SSSR count). The van der Waals surface area contributed by atoms with E-state index in [0.29, 0.717) is 5.82 Å². The predicted octanol–water partition coefficient (Wildman–Crippen LogP) is 0.944. The minimum Gasteiger partial charge on any atom is -0.384 e. The maximum absolute atomic E-state index is 5.63. The Bertz CT molecular complexity index is 228. The molecule has 1 atom stereocenters. The molecule has 0 aliphatic rings. The first-order valence-electron chi connectivity index (χ1n) is 4.14. The van der Waals surface area contributed by atoms with Gasteiger partial charge in [0.05, 0.1) is 0 Å². The Labute approximate surface area is 72.8 Å². The van der Waals surface area contributed by atoms with Crippen LogP contribution in [0.2, 0.25) is 0 Å². The largest absolute Gasteiger partial charge is 0.384 e. The van der Waals surface area contributed by atoms with E-state index in [2.05, 4.69) is 4.98 Å². The number of aromatic nitrogens is 1. The molecule has 4 N–H and O–H groups in total. The van der Waals surface area contributed by atoms with E-state index >= 15 is 0 Å². The molecule has 0 aliphatic carbocycles. The number of aryl methyl sites for hydroxylation is 1. The third-order valence-corrected chi connectivity index (χ3v) is 1.74. The lowest BCUT2D eigenvalue weighted by molar-refractivity contribution is 0.665. The molecule has 1 heterocycles. The summed E-state index contributed by atoms with van der Waals surface area (Å²) in [5.41, 5.74) is 12.3. The fourth-order valence-corrected chi connectivity index (χ4v) is 0.978. The maximum Gasteiger partial charge on any atom is 0.123 e. The lowest BCUT2D eigenvalue weighted by atomic mass is 10.1. The van der Waals surface area contributed by atoms with Gasteiger partial charge in [-0.2, -0.15) is 0 Å². The Balaban J connectivity index is 2.48. The van der Waals surface area contributed by atoms with E-state index in [9.17, 15) is 0 Å². The van der Waals surface area contributed by atoms with Crippen molar-refractivity contribution in [1.82, 2.24) is 4.98 Å². The number of pyridine rings is 1. The first-order chi connectivity index (χ1) is 5.68. The lowest BCUT2D eigenvalue weighted by Crippen LogP contribution is -2.15. The number of hydrogen-bond donors (Lipinski definition) is 2. The zero-order valence-electron chi connectivity index (χ0n) is 7.33. The second kappa shape index (κ2) is 4.07. The van der Waals surface area contributed by atoms with Crippen LogP contribution in [0.1, 0.15) is 18.9 Å². The Morgan fingerprint density at radius 1 is 1.50 bits per heavy atom. The van der Waals surface area contributed by atoms with E-state index in [1.807, 2.05) is 19.1 Å². The van der Waals surface area contributed by atoms with E-state index in [4.69, 9.17) is 11.5 Å². The predicted molar refractivity (Wildman–Crippen MR) is 50.6 cm³/mol. The van der Waals surface area contributed by atoms with Gasteiger partial charge in [-0.25, -0.2) is 4.98 Å². The van der Waals surface area contributed by atoms with Crippen LogP contribution in [-0.2, 0) is 6.42 Å². The molecule has 0 bridgehead atoms. The van der Waals surface area contributed by atoms with Gasteiger partial charge in [-0.05, 0) is 31.4 Å². The van der Waals surface area contributed by atoms with Gasteiger partial charge in [0, 0.05) is 12.2 Å². The molecule has 1 aromatic heterocycles. The van der Waals surface area contributed by atoms with Crippen LogP contribution in [0.3, 0.4) is 0 Å². The molecule has 0 saturated heterocycles. The highest BCUT2D eigenvalue weighted by atomic mass is 14.8. The third-order valence-electron chi connectivity index (χ3n) is 1.74. The van der Waals surface area contributed by atoms with Crippen LogP contribution in [0.5, 0.6) is 0 Å². The number of nitrogen functional groups attached to an aromatic ring is 1. The number of hydrogen-bond acceptors (Lipinski definition) is 3. The van der Waals surface area contributed by atoms with E-state index in [-0.39, 0.29) is 6.04 Å². The SMILES string of the molecule is CC(N)CCc1ccc(N)nc1. The highest BCUT2D eigenvalue weighted by Gasteiger charge is 1.96. The van der Waals surface area contributed by atoms with E-state index < -0.39 is 0 Å². The summed E-state index contributed by atoms with van der Waals surface area (Å²) in [6.45, 7) is 2.00. The van der Waals surface area contributed by atoms with Crippen LogP contribution in [-0.4, -0.2) is 11.0 Å². The van der Waals surface area contributed by atoms with E-state index in [0.717, 1.165) is 12.8 Å². The van der Waals surface area contributed by atoms with Gasteiger partial charge in [0.2, 0.25) is 0 Å². The Kier molecular flexibility index (Phi) is 3.05. The molecule has 0 aromatic carbocycles. The number of rotatable bonds is 3. The summed E-state index contributed by atoms with van der Waals surface area (Å²) >= 11 is 0. The number of anilines is 1. The minimum atomic E-state index is 0.252. The summed E-state index contributed by atoms with van der Waals surface area (Å²) < 4.78 is 0. The van der Waals surface area contributed by atoms with Gasteiger partial charge in [0.25, 0.3) is 0 Å². The molecule has 1 aromatic rings. The summed E-state index contributed by atoms with van der Waals surface area (Å²) in [6.07, 6.45) is 3.77. The van der Waals surface area contributed by atoms with Gasteiger partial charge in [-0.1, -0.05) is 6.07 Å². The van der Waals surface area contributed by atoms with Crippen LogP contribution in [0, 0.1) is 0 Å². The summed E-state index contributed by atoms with van der Waals surface area (Å²) in [5.74, 6) is 0.569. The van der Waals surface area contributed by atoms with Crippen molar-refractivity contribution in [2.45, 2.75) is 25.8 Å². The Hall–Kier alpha value is -1.09. The molecule has 0 amide bonds. The first-order valence-corrected chi connectivity index (χ1v) is 4.14. The van der Waals surface area contributed by atoms with Crippen LogP contribution >= 0.6 is 0 Å². The van der Waals surface area contributed by atoms with Crippen molar-refractivity contribution < 1.29 is 0 Å². The Morgan fingerprint density at radius 3 is 2.75 bits per heavy atom. The normalized spacial score (nSPS) is 12.8. The molecule has 0 saturated carbocycles. The second-order valence-corrected chi connectivity index (χ2v) is 3.11. The standard InChI is InChI=1S/C9H15N3/c1-7(10)2-3-8-4-5-9(11)12-6-8/h4-7H,2-3,10H2,1H3,(H2,11,12). The zero-order chi connectivity index (χ0) is 8.97. The fraction of sp³-hybridized carbons (Fsp3) is 0.444. The van der Waals surface area contributed by atoms with Gasteiger partial charge in [-0.3, -0.25) is 0 Å².